The first-order valence-electron chi connectivity index (χ1n) is 16.3. The van der Waals surface area contributed by atoms with Crippen LogP contribution < -0.4 is 30.3 Å². The fourth-order valence-corrected chi connectivity index (χ4v) is 8.06. The molecule has 1 aliphatic heterocycles. The van der Waals surface area contributed by atoms with Gasteiger partial charge in [-0.15, -0.1) is 0 Å². The van der Waals surface area contributed by atoms with Crippen molar-refractivity contribution in [1.29, 1.82) is 0 Å². The largest absolute Gasteiger partial charge is 0.493 e. The molecule has 3 aromatic carbocycles. The van der Waals surface area contributed by atoms with Gasteiger partial charge in [0.2, 0.25) is 23.0 Å². The third kappa shape index (κ3) is 6.72. The number of anilines is 1. The van der Waals surface area contributed by atoms with Gasteiger partial charge in [0.25, 0.3) is 0 Å². The van der Waals surface area contributed by atoms with Crippen LogP contribution in [0.2, 0.25) is 0 Å². The quantitative estimate of drug-likeness (QED) is 0.175. The molecule has 2 atom stereocenters. The Morgan fingerprint density at radius 1 is 1.08 bits per heavy atom. The molecule has 49 heavy (non-hydrogen) atoms. The standard InChI is InChI=1S/C37H41BrN4O6S/c1-20(43)39-27-11-9-21-17-32(46-2)35(47-3)36(48-4)33(21)22-10-12-29(31(44)18-24(22)27)40-30(14-16-49-5)37(45)42-15-13-28-25(19-42)23-7-6-8-26(38)34(23)41-28/h6-8,10,12,17-18,27,30,41H,9,11,13-16,19H2,1-5H3,(H,39,43)(H,40,44)/t27-,30-/m1/s1. The normalized spacial score (nSPS) is 15.7. The number of benzene rings is 2. The number of H-pyrrole nitrogens is 1. The lowest BCUT2D eigenvalue weighted by Gasteiger charge is -2.31. The number of ether oxygens (including phenoxy) is 3. The number of nitrogens with zero attached hydrogens (tertiary/aromatic N) is 1. The van der Waals surface area contributed by atoms with E-state index in [9.17, 15) is 14.4 Å². The van der Waals surface area contributed by atoms with E-state index in [0.29, 0.717) is 60.9 Å². The van der Waals surface area contributed by atoms with Crippen molar-refractivity contribution in [2.75, 3.05) is 45.2 Å². The maximum absolute atomic E-state index is 14.2. The molecular weight excluding hydrogens is 708 g/mol. The second-order valence-corrected chi connectivity index (χ2v) is 14.2. The monoisotopic (exact) mass is 748 g/mol. The second-order valence-electron chi connectivity index (χ2n) is 12.3. The van der Waals surface area contributed by atoms with Gasteiger partial charge in [0, 0.05) is 53.1 Å². The molecule has 0 bridgehead atoms. The predicted molar refractivity (Wildman–Crippen MR) is 198 cm³/mol. The Kier molecular flexibility index (Phi) is 10.4. The molecule has 2 aliphatic rings. The van der Waals surface area contributed by atoms with Crippen molar-refractivity contribution in [1.82, 2.24) is 15.2 Å². The molecule has 6 rings (SSSR count). The third-order valence-corrected chi connectivity index (χ3v) is 10.7. The smallest absolute Gasteiger partial charge is 0.245 e. The van der Waals surface area contributed by atoms with Crippen LogP contribution in [0.25, 0.3) is 22.0 Å². The number of carbonyl (C=O) groups is 2. The van der Waals surface area contributed by atoms with Crippen LogP contribution >= 0.6 is 27.7 Å². The van der Waals surface area contributed by atoms with Gasteiger partial charge in [-0.1, -0.05) is 18.2 Å². The number of aromatic amines is 1. The summed E-state index contributed by atoms with van der Waals surface area (Å²) in [6, 6.07) is 12.2. The van der Waals surface area contributed by atoms with Crippen LogP contribution in [0.5, 0.6) is 17.2 Å². The number of rotatable bonds is 10. The number of aryl methyl sites for hydroxylation is 1. The molecule has 0 radical (unpaired) electrons. The van der Waals surface area contributed by atoms with Gasteiger partial charge in [-0.2, -0.15) is 11.8 Å². The van der Waals surface area contributed by atoms with E-state index in [1.807, 2.05) is 35.4 Å². The Morgan fingerprint density at radius 2 is 1.88 bits per heavy atom. The molecule has 10 nitrogen and oxygen atoms in total. The Labute approximate surface area is 298 Å². The van der Waals surface area contributed by atoms with E-state index in [4.69, 9.17) is 14.2 Å². The molecule has 258 valence electrons. The number of aromatic nitrogens is 1. The number of methoxy groups -OCH3 is 3. The molecule has 1 aliphatic carbocycles. The average Bonchev–Trinajstić information content (AvgIpc) is 3.32. The van der Waals surface area contributed by atoms with Gasteiger partial charge in [-0.25, -0.2) is 0 Å². The van der Waals surface area contributed by atoms with Gasteiger partial charge in [-0.3, -0.25) is 14.4 Å². The van der Waals surface area contributed by atoms with Crippen molar-refractivity contribution >= 4 is 56.1 Å². The number of hydrogen-bond donors (Lipinski definition) is 3. The maximum Gasteiger partial charge on any atom is 0.245 e. The summed E-state index contributed by atoms with van der Waals surface area (Å²) in [4.78, 5) is 46.1. The Balaban J connectivity index is 1.40. The molecule has 0 fully saturated rings. The predicted octanol–water partition coefficient (Wildman–Crippen LogP) is 6.23. The lowest BCUT2D eigenvalue weighted by atomic mass is 9.95. The summed E-state index contributed by atoms with van der Waals surface area (Å²) in [5.41, 5.74) is 6.46. The topological polar surface area (TPSA) is 122 Å². The zero-order valence-corrected chi connectivity index (χ0v) is 30.7. The molecule has 0 saturated carbocycles. The molecule has 12 heteroatoms. The SMILES string of the molecule is COc1cc2c(c(OC)c1OC)-c1ccc(N[C@H](CCSC)C(=O)N3CCc4[nH]c5c(Br)cccc5c4C3)c(=O)cc1[C@H](NC(C)=O)CC2. The summed E-state index contributed by atoms with van der Waals surface area (Å²) in [7, 11) is 4.70. The van der Waals surface area contributed by atoms with Crippen molar-refractivity contribution < 1.29 is 23.8 Å². The van der Waals surface area contributed by atoms with Crippen molar-refractivity contribution in [2.45, 2.75) is 51.2 Å². The van der Waals surface area contributed by atoms with E-state index in [2.05, 4.69) is 37.6 Å². The highest BCUT2D eigenvalue weighted by Gasteiger charge is 2.32. The molecular formula is C37H41BrN4O6S. The number of halogens is 1. The molecule has 4 aromatic rings. The minimum absolute atomic E-state index is 0.0449. The molecule has 2 amide bonds. The summed E-state index contributed by atoms with van der Waals surface area (Å²) in [6.45, 7) is 2.54. The van der Waals surface area contributed by atoms with Crippen LogP contribution in [-0.4, -0.2) is 67.6 Å². The lowest BCUT2D eigenvalue weighted by molar-refractivity contribution is -0.133. The van der Waals surface area contributed by atoms with Crippen molar-refractivity contribution in [2.24, 2.45) is 0 Å². The van der Waals surface area contributed by atoms with E-state index >= 15 is 0 Å². The Morgan fingerprint density at radius 3 is 2.59 bits per heavy atom. The number of carbonyl (C=O) groups excluding carboxylic acids is 2. The van der Waals surface area contributed by atoms with Gasteiger partial charge in [0.1, 0.15) is 6.04 Å². The fourth-order valence-electron chi connectivity index (χ4n) is 7.12. The van der Waals surface area contributed by atoms with Crippen LogP contribution in [0.15, 0.2) is 51.7 Å². The third-order valence-electron chi connectivity index (χ3n) is 9.43. The van der Waals surface area contributed by atoms with Crippen LogP contribution in [0.1, 0.15) is 48.2 Å². The minimum atomic E-state index is -0.613. The van der Waals surface area contributed by atoms with Crippen LogP contribution in [0.3, 0.4) is 0 Å². The summed E-state index contributed by atoms with van der Waals surface area (Å²) in [5.74, 6) is 1.95. The second kappa shape index (κ2) is 14.8. The zero-order valence-electron chi connectivity index (χ0n) is 28.3. The summed E-state index contributed by atoms with van der Waals surface area (Å²) < 4.78 is 18.3. The van der Waals surface area contributed by atoms with Crippen LogP contribution in [0.4, 0.5) is 5.69 Å². The van der Waals surface area contributed by atoms with Gasteiger partial charge in [-0.05, 0) is 88.2 Å². The Bertz CT molecular complexity index is 1980. The van der Waals surface area contributed by atoms with Crippen LogP contribution in [-0.2, 0) is 29.0 Å². The Hall–Kier alpha value is -4.16. The van der Waals surface area contributed by atoms with Crippen molar-refractivity contribution in [3.8, 4) is 28.4 Å². The number of amides is 2. The van der Waals surface area contributed by atoms with Crippen molar-refractivity contribution in [3.05, 3.63) is 79.5 Å². The first-order valence-corrected chi connectivity index (χ1v) is 18.5. The highest BCUT2D eigenvalue weighted by atomic mass is 79.9. The number of hydrogen-bond acceptors (Lipinski definition) is 8. The average molecular weight is 750 g/mol. The van der Waals surface area contributed by atoms with E-state index in [0.717, 1.165) is 55.5 Å². The molecule has 0 unspecified atom stereocenters. The highest BCUT2D eigenvalue weighted by Crippen LogP contribution is 2.50. The minimum Gasteiger partial charge on any atom is -0.493 e. The summed E-state index contributed by atoms with van der Waals surface area (Å²) in [6.07, 6.45) is 4.43. The molecule has 1 aromatic heterocycles. The first kappa shape index (κ1) is 34.7. The number of thioether (sulfide) groups is 1. The number of para-hydroxylation sites is 1. The highest BCUT2D eigenvalue weighted by molar-refractivity contribution is 9.10. The lowest BCUT2D eigenvalue weighted by Crippen LogP contribution is -2.45. The van der Waals surface area contributed by atoms with Gasteiger partial charge in [0.15, 0.2) is 11.5 Å². The van der Waals surface area contributed by atoms with Gasteiger partial charge in [0.05, 0.1) is 38.6 Å². The van der Waals surface area contributed by atoms with Crippen molar-refractivity contribution in [3.63, 3.8) is 0 Å². The molecule has 0 spiro atoms. The number of fused-ring (bicyclic) bond motifs is 6. The fraction of sp³-hybridized carbons (Fsp3) is 0.378. The molecule has 0 saturated heterocycles. The van der Waals surface area contributed by atoms with Gasteiger partial charge < -0.3 is 34.7 Å². The van der Waals surface area contributed by atoms with E-state index in [1.165, 1.54) is 6.92 Å². The van der Waals surface area contributed by atoms with Crippen LogP contribution in [0, 0.1) is 0 Å². The maximum atomic E-state index is 14.2. The van der Waals surface area contributed by atoms with E-state index in [-0.39, 0.29) is 17.2 Å². The first-order chi connectivity index (χ1) is 23.7. The summed E-state index contributed by atoms with van der Waals surface area (Å²) >= 11 is 5.30. The zero-order chi connectivity index (χ0) is 34.8. The summed E-state index contributed by atoms with van der Waals surface area (Å²) in [5, 5.41) is 7.51. The van der Waals surface area contributed by atoms with E-state index < -0.39 is 12.1 Å². The van der Waals surface area contributed by atoms with E-state index in [1.54, 1.807) is 45.2 Å². The number of nitrogens with one attached hydrogen (secondary N) is 3. The molecule has 3 N–H and O–H groups in total. The van der Waals surface area contributed by atoms with Gasteiger partial charge >= 0.3 is 0 Å². The molecule has 2 heterocycles.